The molecule has 2 aromatic rings. The summed E-state index contributed by atoms with van der Waals surface area (Å²) in [5.41, 5.74) is 0.993. The first-order valence-electron chi connectivity index (χ1n) is 8.25. The Bertz CT molecular complexity index is 796. The number of hydrogen-bond acceptors (Lipinski definition) is 3. The summed E-state index contributed by atoms with van der Waals surface area (Å²) in [5, 5.41) is 0.811. The van der Waals surface area contributed by atoms with Gasteiger partial charge in [-0.3, -0.25) is 9.59 Å². The summed E-state index contributed by atoms with van der Waals surface area (Å²) in [7, 11) is 0. The zero-order chi connectivity index (χ0) is 15.8. The summed E-state index contributed by atoms with van der Waals surface area (Å²) in [6.07, 6.45) is 3.00. The normalized spacial score (nSPS) is 24.4. The van der Waals surface area contributed by atoms with Crippen LogP contribution in [0.25, 0.3) is 10.9 Å². The summed E-state index contributed by atoms with van der Waals surface area (Å²) < 4.78 is 5.57. The standard InChI is InChI=1S/C18H20N2O3/c21-17-10-14(13-5-1-2-6-15(13)19-17)18(22)20-8-3-4-12-11-23-9-7-16(12)20/h1-2,5-6,10,12,16H,3-4,7-9,11H2,(H,19,21). The number of nitrogens with zero attached hydrogens (tertiary/aromatic N) is 1. The molecule has 2 fully saturated rings. The molecule has 23 heavy (non-hydrogen) atoms. The minimum atomic E-state index is -0.229. The smallest absolute Gasteiger partial charge is 0.255 e. The van der Waals surface area contributed by atoms with E-state index in [1.54, 1.807) is 0 Å². The predicted octanol–water partition coefficient (Wildman–Crippen LogP) is 2.17. The Morgan fingerprint density at radius 2 is 2.13 bits per heavy atom. The number of ether oxygens (including phenoxy) is 1. The van der Waals surface area contributed by atoms with E-state index in [1.165, 1.54) is 6.07 Å². The van der Waals surface area contributed by atoms with E-state index in [2.05, 4.69) is 4.98 Å². The second-order valence-electron chi connectivity index (χ2n) is 6.42. The number of rotatable bonds is 1. The van der Waals surface area contributed by atoms with E-state index in [-0.39, 0.29) is 17.5 Å². The molecule has 3 heterocycles. The van der Waals surface area contributed by atoms with Crippen molar-refractivity contribution in [3.05, 3.63) is 46.2 Å². The Labute approximate surface area is 134 Å². The summed E-state index contributed by atoms with van der Waals surface area (Å²) in [5.74, 6) is 0.401. The molecule has 2 aliphatic heterocycles. The van der Waals surface area contributed by atoms with E-state index >= 15 is 0 Å². The maximum Gasteiger partial charge on any atom is 0.255 e. The van der Waals surface area contributed by atoms with Crippen molar-refractivity contribution in [3.63, 3.8) is 0 Å². The van der Waals surface area contributed by atoms with Crippen LogP contribution in [0.2, 0.25) is 0 Å². The lowest BCUT2D eigenvalue weighted by molar-refractivity contribution is -0.0270. The molecular formula is C18H20N2O3. The van der Waals surface area contributed by atoms with Crippen LogP contribution >= 0.6 is 0 Å². The number of nitrogens with one attached hydrogen (secondary N) is 1. The van der Waals surface area contributed by atoms with Crippen LogP contribution < -0.4 is 5.56 Å². The van der Waals surface area contributed by atoms with Crippen LogP contribution in [0.3, 0.4) is 0 Å². The van der Waals surface area contributed by atoms with Gasteiger partial charge in [-0.1, -0.05) is 18.2 Å². The lowest BCUT2D eigenvalue weighted by Gasteiger charge is -2.44. The number of likely N-dealkylation sites (tertiary alicyclic amines) is 1. The van der Waals surface area contributed by atoms with Gasteiger partial charge in [-0.05, 0) is 25.3 Å². The van der Waals surface area contributed by atoms with Gasteiger partial charge >= 0.3 is 0 Å². The number of H-pyrrole nitrogens is 1. The van der Waals surface area contributed by atoms with Crippen LogP contribution in [0.4, 0.5) is 0 Å². The molecular weight excluding hydrogens is 292 g/mol. The molecule has 2 aliphatic rings. The number of carbonyl (C=O) groups excluding carboxylic acids is 1. The van der Waals surface area contributed by atoms with E-state index in [9.17, 15) is 9.59 Å². The van der Waals surface area contributed by atoms with Gasteiger partial charge in [0.2, 0.25) is 5.56 Å². The van der Waals surface area contributed by atoms with Crippen molar-refractivity contribution in [2.45, 2.75) is 25.3 Å². The molecule has 5 heteroatoms. The molecule has 5 nitrogen and oxygen atoms in total. The predicted molar refractivity (Wildman–Crippen MR) is 87.6 cm³/mol. The summed E-state index contributed by atoms with van der Waals surface area (Å²) >= 11 is 0. The van der Waals surface area contributed by atoms with Crippen molar-refractivity contribution >= 4 is 16.8 Å². The van der Waals surface area contributed by atoms with Gasteiger partial charge in [0.15, 0.2) is 0 Å². The Hall–Kier alpha value is -2.14. The molecule has 0 aliphatic carbocycles. The van der Waals surface area contributed by atoms with E-state index in [0.29, 0.717) is 23.6 Å². The number of aromatic amines is 1. The lowest BCUT2D eigenvalue weighted by atomic mass is 9.86. The number of aromatic nitrogens is 1. The molecule has 2 saturated heterocycles. The fourth-order valence-corrected chi connectivity index (χ4v) is 3.95. The fraction of sp³-hybridized carbons (Fsp3) is 0.444. The van der Waals surface area contributed by atoms with E-state index < -0.39 is 0 Å². The average Bonchev–Trinajstić information content (AvgIpc) is 2.60. The number of para-hydroxylation sites is 1. The van der Waals surface area contributed by atoms with Crippen LogP contribution in [-0.2, 0) is 4.74 Å². The highest BCUT2D eigenvalue weighted by Gasteiger charge is 2.37. The topological polar surface area (TPSA) is 62.4 Å². The minimum Gasteiger partial charge on any atom is -0.381 e. The lowest BCUT2D eigenvalue weighted by Crippen LogP contribution is -2.52. The Balaban J connectivity index is 1.75. The molecule has 0 spiro atoms. The Kier molecular flexibility index (Phi) is 3.65. The third-order valence-electron chi connectivity index (χ3n) is 5.05. The molecule has 1 aromatic heterocycles. The van der Waals surface area contributed by atoms with Crippen LogP contribution in [0.5, 0.6) is 0 Å². The molecule has 1 amide bonds. The van der Waals surface area contributed by atoms with Crippen molar-refractivity contribution in [1.82, 2.24) is 9.88 Å². The van der Waals surface area contributed by atoms with Gasteiger partial charge in [0.1, 0.15) is 0 Å². The van der Waals surface area contributed by atoms with Gasteiger partial charge in [-0.15, -0.1) is 0 Å². The number of piperidine rings is 1. The van der Waals surface area contributed by atoms with Crippen molar-refractivity contribution in [1.29, 1.82) is 0 Å². The highest BCUT2D eigenvalue weighted by Crippen LogP contribution is 2.31. The van der Waals surface area contributed by atoms with Crippen molar-refractivity contribution in [3.8, 4) is 0 Å². The first-order chi connectivity index (χ1) is 11.2. The molecule has 0 saturated carbocycles. The fourth-order valence-electron chi connectivity index (χ4n) is 3.95. The number of hydrogen-bond donors (Lipinski definition) is 1. The Morgan fingerprint density at radius 1 is 1.26 bits per heavy atom. The summed E-state index contributed by atoms with van der Waals surface area (Å²) in [4.78, 5) is 29.8. The molecule has 2 unspecified atom stereocenters. The van der Waals surface area contributed by atoms with E-state index in [4.69, 9.17) is 4.74 Å². The van der Waals surface area contributed by atoms with Crippen molar-refractivity contribution in [2.24, 2.45) is 5.92 Å². The monoisotopic (exact) mass is 312 g/mol. The summed E-state index contributed by atoms with van der Waals surface area (Å²) in [6, 6.07) is 9.16. The van der Waals surface area contributed by atoms with Gasteiger partial charge in [0.25, 0.3) is 5.91 Å². The molecule has 0 radical (unpaired) electrons. The van der Waals surface area contributed by atoms with Gasteiger partial charge in [0.05, 0.1) is 12.2 Å². The van der Waals surface area contributed by atoms with Crippen LogP contribution in [0.1, 0.15) is 29.6 Å². The van der Waals surface area contributed by atoms with Gasteiger partial charge in [-0.25, -0.2) is 0 Å². The number of benzene rings is 1. The maximum absolute atomic E-state index is 13.2. The Morgan fingerprint density at radius 3 is 3.04 bits per heavy atom. The third-order valence-corrected chi connectivity index (χ3v) is 5.05. The quantitative estimate of drug-likeness (QED) is 0.878. The molecule has 1 aromatic carbocycles. The average molecular weight is 312 g/mol. The van der Waals surface area contributed by atoms with Crippen LogP contribution in [0, 0.1) is 5.92 Å². The SMILES string of the molecule is O=C(c1cc(=O)[nH]c2ccccc12)N1CCCC2COCCC21. The van der Waals surface area contributed by atoms with Crippen LogP contribution in [-0.4, -0.2) is 41.6 Å². The second-order valence-corrected chi connectivity index (χ2v) is 6.42. The summed E-state index contributed by atoms with van der Waals surface area (Å²) in [6.45, 7) is 2.22. The van der Waals surface area contributed by atoms with Gasteiger partial charge in [0, 0.05) is 42.1 Å². The molecule has 2 atom stereocenters. The molecule has 120 valence electrons. The highest BCUT2D eigenvalue weighted by molar-refractivity contribution is 6.06. The molecule has 4 rings (SSSR count). The van der Waals surface area contributed by atoms with Crippen molar-refractivity contribution < 1.29 is 9.53 Å². The van der Waals surface area contributed by atoms with Crippen LogP contribution in [0.15, 0.2) is 35.1 Å². The number of pyridine rings is 1. The molecule has 0 bridgehead atoms. The number of fused-ring (bicyclic) bond motifs is 2. The third kappa shape index (κ3) is 2.55. The second kappa shape index (κ2) is 5.81. The van der Waals surface area contributed by atoms with Gasteiger partial charge in [-0.2, -0.15) is 0 Å². The van der Waals surface area contributed by atoms with E-state index in [1.807, 2.05) is 29.2 Å². The number of amides is 1. The molecule has 1 N–H and O–H groups in total. The minimum absolute atomic E-state index is 0.0242. The maximum atomic E-state index is 13.2. The zero-order valence-electron chi connectivity index (χ0n) is 13.0. The van der Waals surface area contributed by atoms with E-state index in [0.717, 1.165) is 37.8 Å². The largest absolute Gasteiger partial charge is 0.381 e. The van der Waals surface area contributed by atoms with Gasteiger partial charge < -0.3 is 14.6 Å². The first-order valence-corrected chi connectivity index (χ1v) is 8.25. The number of carbonyl (C=O) groups is 1. The first kappa shape index (κ1) is 14.5. The zero-order valence-corrected chi connectivity index (χ0v) is 13.0. The van der Waals surface area contributed by atoms with Crippen molar-refractivity contribution in [2.75, 3.05) is 19.8 Å². The highest BCUT2D eigenvalue weighted by atomic mass is 16.5.